The first kappa shape index (κ1) is 27.2. The Hall–Kier alpha value is -4.34. The number of fused-ring (bicyclic) bond motifs is 4. The average molecular weight is 604 g/mol. The van der Waals surface area contributed by atoms with Gasteiger partial charge in [0.25, 0.3) is 0 Å². The molecular weight excluding hydrogens is 575 g/mol. The second-order valence-electron chi connectivity index (χ2n) is 11.9. The highest BCUT2D eigenvalue weighted by Gasteiger charge is 2.49. The van der Waals surface area contributed by atoms with Crippen LogP contribution in [0.5, 0.6) is 17.6 Å². The largest absolute Gasteiger partial charge is 0.508 e. The number of aromatic nitrogens is 3. The number of rotatable bonds is 4. The van der Waals surface area contributed by atoms with E-state index in [-0.39, 0.29) is 70.0 Å². The van der Waals surface area contributed by atoms with E-state index in [4.69, 9.17) is 25.6 Å². The van der Waals surface area contributed by atoms with Gasteiger partial charge >= 0.3 is 6.01 Å². The molecule has 0 radical (unpaired) electrons. The Morgan fingerprint density at radius 2 is 2.02 bits per heavy atom. The van der Waals surface area contributed by atoms with E-state index in [2.05, 4.69) is 20.8 Å². The predicted molar refractivity (Wildman–Crippen MR) is 156 cm³/mol. The van der Waals surface area contributed by atoms with Crippen LogP contribution in [0.3, 0.4) is 0 Å². The summed E-state index contributed by atoms with van der Waals surface area (Å²) in [5.74, 6) is 1.16. The number of anilines is 1. The van der Waals surface area contributed by atoms with E-state index in [0.717, 1.165) is 19.4 Å². The molecule has 0 spiro atoms. The lowest BCUT2D eigenvalue weighted by molar-refractivity contribution is 0.0774. The monoisotopic (exact) mass is 603 g/mol. The maximum atomic E-state index is 16.8. The number of halogens is 3. The lowest BCUT2D eigenvalue weighted by Crippen LogP contribution is -2.48. The van der Waals surface area contributed by atoms with Crippen molar-refractivity contribution in [1.82, 2.24) is 19.9 Å². The molecule has 3 atom stereocenters. The summed E-state index contributed by atoms with van der Waals surface area (Å²) < 4.78 is 64.1. The molecule has 6 heterocycles. The number of terminal acetylenes is 1. The number of phenolic OH excluding ortho intramolecular Hbond substituents is 1. The molecule has 226 valence electrons. The van der Waals surface area contributed by atoms with E-state index in [1.165, 1.54) is 24.3 Å². The Kier molecular flexibility index (Phi) is 6.25. The standard InChI is InChI=1S/C32H28F3N5O4/c1-2-21-23(34)5-4-17-10-20(41)11-22(24(17)21)27-26(35)28-25-29(40-8-9-42-14-19(40)15-43-30(25)36-27)38-31(37-28)44-16-32-6-3-7-39(32)13-18(33)12-32/h1,4-5,10-11,18-19,41H,3,6-9,12-16H2/t18-,19-,32?/m1/s1. The minimum absolute atomic E-state index is 0.0544. The molecule has 0 bridgehead atoms. The third-order valence-corrected chi connectivity index (χ3v) is 9.31. The summed E-state index contributed by atoms with van der Waals surface area (Å²) >= 11 is 0. The van der Waals surface area contributed by atoms with Crippen molar-refractivity contribution < 1.29 is 32.5 Å². The highest BCUT2D eigenvalue weighted by molar-refractivity contribution is 6.04. The average Bonchev–Trinajstić information content (AvgIpc) is 3.49. The zero-order valence-electron chi connectivity index (χ0n) is 23.7. The fourth-order valence-electron chi connectivity index (χ4n) is 7.31. The number of hydrogen-bond donors (Lipinski definition) is 1. The van der Waals surface area contributed by atoms with E-state index >= 15 is 4.39 Å². The Labute approximate surface area is 250 Å². The van der Waals surface area contributed by atoms with E-state index in [1.807, 2.05) is 4.90 Å². The van der Waals surface area contributed by atoms with Crippen LogP contribution in [0.4, 0.5) is 19.0 Å². The van der Waals surface area contributed by atoms with Crippen LogP contribution in [0.1, 0.15) is 24.8 Å². The van der Waals surface area contributed by atoms with Gasteiger partial charge in [0.2, 0.25) is 5.88 Å². The van der Waals surface area contributed by atoms with Crippen molar-refractivity contribution in [2.75, 3.05) is 51.0 Å². The summed E-state index contributed by atoms with van der Waals surface area (Å²) in [6.45, 7) is 2.79. The molecule has 1 N–H and O–H groups in total. The summed E-state index contributed by atoms with van der Waals surface area (Å²) in [4.78, 5) is 17.9. The molecule has 0 aliphatic carbocycles. The van der Waals surface area contributed by atoms with Crippen molar-refractivity contribution in [1.29, 1.82) is 0 Å². The molecule has 4 aromatic rings. The number of aromatic hydroxyl groups is 1. The molecule has 8 rings (SSSR count). The first-order valence-electron chi connectivity index (χ1n) is 14.7. The van der Waals surface area contributed by atoms with Crippen molar-refractivity contribution in [3.63, 3.8) is 0 Å². The first-order valence-corrected chi connectivity index (χ1v) is 14.7. The molecule has 2 aromatic heterocycles. The van der Waals surface area contributed by atoms with Crippen molar-refractivity contribution >= 4 is 27.5 Å². The van der Waals surface area contributed by atoms with Gasteiger partial charge in [0, 0.05) is 30.5 Å². The molecule has 1 unspecified atom stereocenters. The summed E-state index contributed by atoms with van der Waals surface area (Å²) in [7, 11) is 0. The minimum atomic E-state index is -0.934. The molecule has 0 saturated carbocycles. The number of ether oxygens (including phenoxy) is 3. The predicted octanol–water partition coefficient (Wildman–Crippen LogP) is 4.36. The lowest BCUT2D eigenvalue weighted by atomic mass is 9.95. The van der Waals surface area contributed by atoms with Gasteiger partial charge in [-0.15, -0.1) is 6.42 Å². The quantitative estimate of drug-likeness (QED) is 0.342. The fraction of sp³-hybridized carbons (Fsp3) is 0.406. The van der Waals surface area contributed by atoms with E-state index in [1.54, 1.807) is 0 Å². The van der Waals surface area contributed by atoms with Crippen LogP contribution in [-0.2, 0) is 4.74 Å². The van der Waals surface area contributed by atoms with Gasteiger partial charge < -0.3 is 24.2 Å². The molecule has 4 aliphatic heterocycles. The van der Waals surface area contributed by atoms with Crippen LogP contribution in [0.15, 0.2) is 24.3 Å². The Morgan fingerprint density at radius 1 is 1.14 bits per heavy atom. The first-order chi connectivity index (χ1) is 21.3. The Morgan fingerprint density at radius 3 is 2.89 bits per heavy atom. The summed E-state index contributed by atoms with van der Waals surface area (Å²) in [6, 6.07) is 5.09. The lowest BCUT2D eigenvalue weighted by Gasteiger charge is -2.35. The van der Waals surface area contributed by atoms with Crippen LogP contribution in [0.2, 0.25) is 0 Å². The Bertz CT molecular complexity index is 1880. The van der Waals surface area contributed by atoms with Crippen LogP contribution in [0, 0.1) is 24.0 Å². The topological polar surface area (TPSA) is 93.1 Å². The third-order valence-electron chi connectivity index (χ3n) is 9.31. The second kappa shape index (κ2) is 10.1. The Balaban J connectivity index is 1.33. The molecule has 12 heteroatoms. The van der Waals surface area contributed by atoms with Crippen molar-refractivity contribution in [2.24, 2.45) is 0 Å². The number of hydrogen-bond acceptors (Lipinski definition) is 9. The number of pyridine rings is 1. The highest BCUT2D eigenvalue weighted by atomic mass is 19.1. The summed E-state index contributed by atoms with van der Waals surface area (Å²) in [5.41, 5.74) is -0.795. The van der Waals surface area contributed by atoms with E-state index in [9.17, 15) is 13.9 Å². The molecule has 2 aromatic carbocycles. The fourth-order valence-corrected chi connectivity index (χ4v) is 7.31. The van der Waals surface area contributed by atoms with Crippen LogP contribution in [0.25, 0.3) is 32.9 Å². The van der Waals surface area contributed by atoms with Gasteiger partial charge in [-0.1, -0.05) is 12.0 Å². The zero-order valence-corrected chi connectivity index (χ0v) is 23.7. The molecule has 9 nitrogen and oxygen atoms in total. The number of morpholine rings is 1. The molecular formula is C32H28F3N5O4. The molecule has 0 amide bonds. The second-order valence-corrected chi connectivity index (χ2v) is 11.9. The maximum absolute atomic E-state index is 16.8. The van der Waals surface area contributed by atoms with Crippen LogP contribution in [-0.4, -0.2) is 88.8 Å². The van der Waals surface area contributed by atoms with Crippen molar-refractivity contribution in [3.8, 4) is 41.2 Å². The van der Waals surface area contributed by atoms with Gasteiger partial charge in [-0.3, -0.25) is 4.90 Å². The van der Waals surface area contributed by atoms with Gasteiger partial charge in [0.05, 0.1) is 30.4 Å². The number of phenols is 1. The number of benzene rings is 2. The maximum Gasteiger partial charge on any atom is 0.319 e. The molecule has 44 heavy (non-hydrogen) atoms. The van der Waals surface area contributed by atoms with Crippen molar-refractivity contribution in [3.05, 3.63) is 41.5 Å². The van der Waals surface area contributed by atoms with Gasteiger partial charge in [0.15, 0.2) is 5.82 Å². The number of alkyl halides is 1. The van der Waals surface area contributed by atoms with Gasteiger partial charge in [-0.2, -0.15) is 9.97 Å². The van der Waals surface area contributed by atoms with Gasteiger partial charge in [0.1, 0.15) is 53.4 Å². The minimum Gasteiger partial charge on any atom is -0.508 e. The SMILES string of the molecule is C#Cc1c(F)ccc2cc(O)cc(-c3nc4c5c(nc(OCC67CCCN6C[C@H](F)C7)nc5c3F)N3CCOC[C@@H]3CO4)c12. The van der Waals surface area contributed by atoms with Gasteiger partial charge in [-0.05, 0) is 43.0 Å². The zero-order chi connectivity index (χ0) is 30.2. The van der Waals surface area contributed by atoms with E-state index in [0.29, 0.717) is 43.9 Å². The third kappa shape index (κ3) is 4.13. The molecule has 3 saturated heterocycles. The summed E-state index contributed by atoms with van der Waals surface area (Å²) in [6.07, 6.45) is 6.84. The summed E-state index contributed by atoms with van der Waals surface area (Å²) in [5, 5.41) is 11.5. The van der Waals surface area contributed by atoms with Crippen LogP contribution >= 0.6 is 0 Å². The number of nitrogens with zero attached hydrogens (tertiary/aromatic N) is 5. The molecule has 4 aliphatic rings. The van der Waals surface area contributed by atoms with Gasteiger partial charge in [-0.25, -0.2) is 18.2 Å². The van der Waals surface area contributed by atoms with Crippen molar-refractivity contribution in [2.45, 2.75) is 37.0 Å². The smallest absolute Gasteiger partial charge is 0.319 e. The highest BCUT2D eigenvalue weighted by Crippen LogP contribution is 2.44. The normalized spacial score (nSPS) is 24.5. The van der Waals surface area contributed by atoms with Crippen LogP contribution < -0.4 is 14.4 Å². The van der Waals surface area contributed by atoms with E-state index < -0.39 is 23.3 Å². The molecule has 3 fully saturated rings.